The lowest BCUT2D eigenvalue weighted by Crippen LogP contribution is -2.15. The minimum atomic E-state index is 0.187. The Morgan fingerprint density at radius 1 is 1.37 bits per heavy atom. The number of hydrogen-bond acceptors (Lipinski definition) is 5. The molecule has 0 radical (unpaired) electrons. The molecule has 5 nitrogen and oxygen atoms in total. The van der Waals surface area contributed by atoms with Crippen LogP contribution >= 0.6 is 0 Å². The van der Waals surface area contributed by atoms with Crippen LogP contribution in [0.2, 0.25) is 0 Å². The van der Waals surface area contributed by atoms with Crippen LogP contribution in [0.15, 0.2) is 23.3 Å². The summed E-state index contributed by atoms with van der Waals surface area (Å²) in [6, 6.07) is 6.12. The highest BCUT2D eigenvalue weighted by Gasteiger charge is 2.28. The molecule has 0 spiro atoms. The van der Waals surface area contributed by atoms with Crippen LogP contribution in [-0.4, -0.2) is 38.5 Å². The zero-order valence-corrected chi connectivity index (χ0v) is 11.7. The summed E-state index contributed by atoms with van der Waals surface area (Å²) < 4.78 is 10.8. The van der Waals surface area contributed by atoms with E-state index in [1.54, 1.807) is 14.2 Å². The smallest absolute Gasteiger partial charge is 0.166 e. The molecule has 0 amide bonds. The van der Waals surface area contributed by atoms with Gasteiger partial charge in [-0.25, -0.2) is 0 Å². The second-order valence-electron chi connectivity index (χ2n) is 4.58. The average molecular weight is 263 g/mol. The fraction of sp³-hybridized carbons (Fsp3) is 0.500. The van der Waals surface area contributed by atoms with Crippen molar-refractivity contribution in [3.63, 3.8) is 0 Å². The SMILES string of the molecule is COc1cccc(C2CC(CCN)=NN2C)c1OC. The number of hydrogen-bond donors (Lipinski definition) is 1. The van der Waals surface area contributed by atoms with E-state index >= 15 is 0 Å². The van der Waals surface area contributed by atoms with Crippen molar-refractivity contribution in [2.75, 3.05) is 27.8 Å². The van der Waals surface area contributed by atoms with E-state index < -0.39 is 0 Å². The van der Waals surface area contributed by atoms with Gasteiger partial charge in [-0.2, -0.15) is 5.10 Å². The first kappa shape index (κ1) is 13.7. The van der Waals surface area contributed by atoms with Gasteiger partial charge in [0.2, 0.25) is 0 Å². The van der Waals surface area contributed by atoms with E-state index in [1.807, 2.05) is 24.2 Å². The number of hydrazone groups is 1. The summed E-state index contributed by atoms with van der Waals surface area (Å²) in [6.45, 7) is 0.634. The zero-order chi connectivity index (χ0) is 13.8. The maximum atomic E-state index is 5.60. The van der Waals surface area contributed by atoms with Crippen LogP contribution < -0.4 is 15.2 Å². The summed E-state index contributed by atoms with van der Waals surface area (Å²) in [6.07, 6.45) is 1.73. The van der Waals surface area contributed by atoms with E-state index in [0.29, 0.717) is 6.54 Å². The summed E-state index contributed by atoms with van der Waals surface area (Å²) >= 11 is 0. The van der Waals surface area contributed by atoms with E-state index in [2.05, 4.69) is 11.2 Å². The maximum Gasteiger partial charge on any atom is 0.166 e. The molecule has 0 saturated carbocycles. The molecule has 0 saturated heterocycles. The van der Waals surface area contributed by atoms with E-state index in [1.165, 1.54) is 0 Å². The standard InChI is InChI=1S/C14H21N3O2/c1-17-12(9-10(16-17)7-8-15)11-5-4-6-13(18-2)14(11)19-3/h4-6,12H,7-9,15H2,1-3H3. The Morgan fingerprint density at radius 2 is 2.16 bits per heavy atom. The van der Waals surface area contributed by atoms with Gasteiger partial charge in [-0.15, -0.1) is 0 Å². The van der Waals surface area contributed by atoms with Crippen LogP contribution in [0.5, 0.6) is 11.5 Å². The van der Waals surface area contributed by atoms with E-state index in [-0.39, 0.29) is 6.04 Å². The van der Waals surface area contributed by atoms with Gasteiger partial charge in [-0.1, -0.05) is 12.1 Å². The number of nitrogens with two attached hydrogens (primary N) is 1. The van der Waals surface area contributed by atoms with Gasteiger partial charge in [0, 0.05) is 24.7 Å². The summed E-state index contributed by atoms with van der Waals surface area (Å²) in [5.41, 5.74) is 7.83. The molecule has 5 heteroatoms. The van der Waals surface area contributed by atoms with E-state index in [0.717, 1.165) is 35.6 Å². The predicted molar refractivity (Wildman–Crippen MR) is 75.8 cm³/mol. The van der Waals surface area contributed by atoms with Crippen molar-refractivity contribution in [2.45, 2.75) is 18.9 Å². The van der Waals surface area contributed by atoms with Crippen molar-refractivity contribution in [1.82, 2.24) is 5.01 Å². The lowest BCUT2D eigenvalue weighted by molar-refractivity contribution is 0.276. The molecule has 1 aromatic carbocycles. The first-order chi connectivity index (χ1) is 9.21. The van der Waals surface area contributed by atoms with Gasteiger partial charge in [-0.05, 0) is 19.0 Å². The highest BCUT2D eigenvalue weighted by atomic mass is 16.5. The van der Waals surface area contributed by atoms with Crippen LogP contribution in [-0.2, 0) is 0 Å². The Labute approximate surface area is 114 Å². The predicted octanol–water partition coefficient (Wildman–Crippen LogP) is 1.79. The second-order valence-corrected chi connectivity index (χ2v) is 4.58. The van der Waals surface area contributed by atoms with Gasteiger partial charge >= 0.3 is 0 Å². The molecule has 1 atom stereocenters. The zero-order valence-electron chi connectivity index (χ0n) is 11.7. The number of nitrogens with zero attached hydrogens (tertiary/aromatic N) is 2. The topological polar surface area (TPSA) is 60.1 Å². The first-order valence-electron chi connectivity index (χ1n) is 6.41. The molecule has 2 N–H and O–H groups in total. The van der Waals surface area contributed by atoms with Gasteiger partial charge in [0.05, 0.1) is 20.3 Å². The Kier molecular flexibility index (Phi) is 4.27. The lowest BCUT2D eigenvalue weighted by Gasteiger charge is -2.22. The van der Waals surface area contributed by atoms with Crippen molar-refractivity contribution < 1.29 is 9.47 Å². The molecule has 0 fully saturated rings. The third kappa shape index (κ3) is 2.66. The van der Waals surface area contributed by atoms with Gasteiger partial charge in [0.1, 0.15) is 0 Å². The normalized spacial score (nSPS) is 18.4. The van der Waals surface area contributed by atoms with Crippen molar-refractivity contribution >= 4 is 5.71 Å². The van der Waals surface area contributed by atoms with Gasteiger partial charge in [-0.3, -0.25) is 5.01 Å². The summed E-state index contributed by atoms with van der Waals surface area (Å²) in [5.74, 6) is 1.53. The fourth-order valence-corrected chi connectivity index (χ4v) is 2.49. The summed E-state index contributed by atoms with van der Waals surface area (Å²) in [7, 11) is 5.29. The van der Waals surface area contributed by atoms with Crippen molar-refractivity contribution in [2.24, 2.45) is 10.8 Å². The van der Waals surface area contributed by atoms with Crippen LogP contribution in [0.1, 0.15) is 24.4 Å². The fourth-order valence-electron chi connectivity index (χ4n) is 2.49. The second kappa shape index (κ2) is 5.93. The molecule has 104 valence electrons. The maximum absolute atomic E-state index is 5.60. The van der Waals surface area contributed by atoms with Gasteiger partial charge in [0.25, 0.3) is 0 Å². The van der Waals surface area contributed by atoms with Crippen molar-refractivity contribution in [3.8, 4) is 11.5 Å². The van der Waals surface area contributed by atoms with Crippen LogP contribution in [0.25, 0.3) is 0 Å². The largest absolute Gasteiger partial charge is 0.493 e. The molecule has 2 rings (SSSR count). The van der Waals surface area contributed by atoms with E-state index in [9.17, 15) is 0 Å². The summed E-state index contributed by atoms with van der Waals surface area (Å²) in [5, 5.41) is 6.52. The van der Waals surface area contributed by atoms with Crippen molar-refractivity contribution in [3.05, 3.63) is 23.8 Å². The Hall–Kier alpha value is -1.75. The Bertz CT molecular complexity index is 474. The first-order valence-corrected chi connectivity index (χ1v) is 6.41. The Balaban J connectivity index is 2.29. The molecule has 0 bridgehead atoms. The lowest BCUT2D eigenvalue weighted by atomic mass is 9.99. The number of methoxy groups -OCH3 is 2. The molecule has 1 unspecified atom stereocenters. The van der Waals surface area contributed by atoms with Crippen molar-refractivity contribution in [1.29, 1.82) is 0 Å². The minimum Gasteiger partial charge on any atom is -0.493 e. The number of ether oxygens (including phenoxy) is 2. The van der Waals surface area contributed by atoms with Gasteiger partial charge < -0.3 is 15.2 Å². The monoisotopic (exact) mass is 263 g/mol. The third-order valence-corrected chi connectivity index (χ3v) is 3.40. The summed E-state index contributed by atoms with van der Waals surface area (Å²) in [4.78, 5) is 0. The highest BCUT2D eigenvalue weighted by molar-refractivity contribution is 5.86. The molecule has 19 heavy (non-hydrogen) atoms. The molecular weight excluding hydrogens is 242 g/mol. The molecular formula is C14H21N3O2. The molecule has 1 heterocycles. The minimum absolute atomic E-state index is 0.187. The van der Waals surface area contributed by atoms with Crippen LogP contribution in [0.4, 0.5) is 0 Å². The van der Waals surface area contributed by atoms with Crippen LogP contribution in [0, 0.1) is 0 Å². The third-order valence-electron chi connectivity index (χ3n) is 3.40. The van der Waals surface area contributed by atoms with Gasteiger partial charge in [0.15, 0.2) is 11.5 Å². The average Bonchev–Trinajstić information content (AvgIpc) is 2.79. The number of para-hydroxylation sites is 1. The van der Waals surface area contributed by atoms with E-state index in [4.69, 9.17) is 15.2 Å². The Morgan fingerprint density at radius 3 is 2.79 bits per heavy atom. The molecule has 0 aliphatic carbocycles. The number of rotatable bonds is 5. The molecule has 1 aromatic rings. The van der Waals surface area contributed by atoms with Crippen LogP contribution in [0.3, 0.4) is 0 Å². The molecule has 1 aliphatic heterocycles. The highest BCUT2D eigenvalue weighted by Crippen LogP contribution is 2.40. The molecule has 0 aromatic heterocycles. The molecule has 1 aliphatic rings. The quantitative estimate of drug-likeness (QED) is 0.879. The number of benzene rings is 1.